The summed E-state index contributed by atoms with van der Waals surface area (Å²) < 4.78 is 43.5. The Morgan fingerprint density at radius 1 is 1.03 bits per heavy atom. The summed E-state index contributed by atoms with van der Waals surface area (Å²) in [6.07, 6.45) is -4.43. The number of hydrogen-bond donors (Lipinski definition) is 1. The van der Waals surface area contributed by atoms with Crippen LogP contribution in [0.5, 0.6) is 5.75 Å². The molecule has 3 rings (SSSR count). The molecule has 2 aromatic rings. The minimum atomic E-state index is -4.43. The molecule has 1 aliphatic rings. The van der Waals surface area contributed by atoms with Crippen LogP contribution >= 0.6 is 0 Å². The molecule has 0 aromatic heterocycles. The molecule has 0 saturated carbocycles. The lowest BCUT2D eigenvalue weighted by Gasteiger charge is -2.34. The molecule has 156 valence electrons. The lowest BCUT2D eigenvalue weighted by Crippen LogP contribution is -2.48. The summed E-state index contributed by atoms with van der Waals surface area (Å²) in [6.45, 7) is 4.09. The van der Waals surface area contributed by atoms with Crippen LogP contribution in [0.3, 0.4) is 0 Å². The number of hydrogen-bond acceptors (Lipinski definition) is 4. The van der Waals surface area contributed by atoms with Gasteiger partial charge in [0.1, 0.15) is 5.75 Å². The molecule has 0 spiro atoms. The Hall–Kier alpha value is -2.58. The van der Waals surface area contributed by atoms with Crippen LogP contribution in [0.1, 0.15) is 11.1 Å². The molecule has 0 atom stereocenters. The van der Waals surface area contributed by atoms with Crippen LogP contribution in [-0.4, -0.2) is 55.5 Å². The van der Waals surface area contributed by atoms with Crippen LogP contribution in [0.2, 0.25) is 0 Å². The van der Waals surface area contributed by atoms with Crippen LogP contribution < -0.4 is 10.1 Å². The lowest BCUT2D eigenvalue weighted by molar-refractivity contribution is -0.137. The van der Waals surface area contributed by atoms with E-state index in [0.717, 1.165) is 50.6 Å². The molecule has 1 heterocycles. The van der Waals surface area contributed by atoms with Crippen molar-refractivity contribution in [1.82, 2.24) is 9.80 Å². The number of nitrogens with zero attached hydrogens (tertiary/aromatic N) is 2. The van der Waals surface area contributed by atoms with Gasteiger partial charge >= 0.3 is 6.18 Å². The lowest BCUT2D eigenvalue weighted by atomic mass is 10.2. The number of piperazine rings is 1. The number of methoxy groups -OCH3 is 1. The Morgan fingerprint density at radius 3 is 2.31 bits per heavy atom. The maximum absolute atomic E-state index is 12.8. The molecule has 5 nitrogen and oxygen atoms in total. The predicted octanol–water partition coefficient (Wildman–Crippen LogP) is 3.47. The predicted molar refractivity (Wildman–Crippen MR) is 105 cm³/mol. The van der Waals surface area contributed by atoms with Crippen molar-refractivity contribution in [3.63, 3.8) is 0 Å². The largest absolute Gasteiger partial charge is 0.497 e. The molecule has 0 aliphatic carbocycles. The van der Waals surface area contributed by atoms with Crippen molar-refractivity contribution in [2.24, 2.45) is 0 Å². The van der Waals surface area contributed by atoms with Crippen molar-refractivity contribution in [2.75, 3.05) is 45.2 Å². The van der Waals surface area contributed by atoms with E-state index in [1.54, 1.807) is 7.11 Å². The molecule has 29 heavy (non-hydrogen) atoms. The van der Waals surface area contributed by atoms with E-state index in [2.05, 4.69) is 10.2 Å². The van der Waals surface area contributed by atoms with Gasteiger partial charge in [-0.1, -0.05) is 18.2 Å². The van der Waals surface area contributed by atoms with Gasteiger partial charge in [0, 0.05) is 38.4 Å². The van der Waals surface area contributed by atoms with E-state index in [0.29, 0.717) is 0 Å². The number of nitrogens with one attached hydrogen (secondary N) is 1. The number of benzene rings is 2. The molecule has 8 heteroatoms. The van der Waals surface area contributed by atoms with E-state index >= 15 is 0 Å². The van der Waals surface area contributed by atoms with Gasteiger partial charge in [0.15, 0.2) is 0 Å². The number of carbonyl (C=O) groups excluding carboxylic acids is 1. The number of ether oxygens (including phenoxy) is 1. The molecule has 0 radical (unpaired) electrons. The third kappa shape index (κ3) is 6.20. The summed E-state index contributed by atoms with van der Waals surface area (Å²) in [6, 6.07) is 12.6. The maximum atomic E-state index is 12.8. The fourth-order valence-corrected chi connectivity index (χ4v) is 3.27. The van der Waals surface area contributed by atoms with Crippen molar-refractivity contribution in [3.05, 3.63) is 59.7 Å². The highest BCUT2D eigenvalue weighted by atomic mass is 19.4. The van der Waals surface area contributed by atoms with Gasteiger partial charge in [-0.05, 0) is 35.9 Å². The Labute approximate surface area is 168 Å². The van der Waals surface area contributed by atoms with Crippen molar-refractivity contribution >= 4 is 11.6 Å². The van der Waals surface area contributed by atoms with Crippen molar-refractivity contribution < 1.29 is 22.7 Å². The fraction of sp³-hybridized carbons (Fsp3) is 0.381. The summed E-state index contributed by atoms with van der Waals surface area (Å²) in [5, 5.41) is 2.56. The van der Waals surface area contributed by atoms with Crippen LogP contribution in [0.4, 0.5) is 18.9 Å². The Balaban J connectivity index is 1.45. The second-order valence-electron chi connectivity index (χ2n) is 7.03. The second kappa shape index (κ2) is 9.28. The normalized spacial score (nSPS) is 15.9. The first kappa shape index (κ1) is 21.1. The number of halogens is 3. The topological polar surface area (TPSA) is 44.8 Å². The molecule has 2 aromatic carbocycles. The average molecular weight is 407 g/mol. The van der Waals surface area contributed by atoms with Gasteiger partial charge in [-0.25, -0.2) is 0 Å². The molecule has 1 N–H and O–H groups in total. The van der Waals surface area contributed by atoms with Crippen molar-refractivity contribution in [3.8, 4) is 5.75 Å². The van der Waals surface area contributed by atoms with Gasteiger partial charge in [-0.2, -0.15) is 13.2 Å². The molecular formula is C21H24F3N3O2. The van der Waals surface area contributed by atoms with Crippen LogP contribution in [0, 0.1) is 0 Å². The summed E-state index contributed by atoms with van der Waals surface area (Å²) >= 11 is 0. The molecule has 1 saturated heterocycles. The summed E-state index contributed by atoms with van der Waals surface area (Å²) in [5.74, 6) is 0.512. The first-order chi connectivity index (χ1) is 13.8. The summed E-state index contributed by atoms with van der Waals surface area (Å²) in [7, 11) is 1.64. The summed E-state index contributed by atoms with van der Waals surface area (Å²) in [5.41, 5.74) is 0.576. The monoisotopic (exact) mass is 407 g/mol. The van der Waals surface area contributed by atoms with E-state index in [1.165, 1.54) is 17.7 Å². The van der Waals surface area contributed by atoms with E-state index < -0.39 is 11.7 Å². The Kier molecular flexibility index (Phi) is 6.76. The maximum Gasteiger partial charge on any atom is 0.416 e. The molecule has 1 aliphatic heterocycles. The third-order valence-electron chi connectivity index (χ3n) is 4.87. The first-order valence-corrected chi connectivity index (χ1v) is 9.38. The highest BCUT2D eigenvalue weighted by molar-refractivity contribution is 5.92. The van der Waals surface area contributed by atoms with Crippen LogP contribution in [0.15, 0.2) is 48.5 Å². The van der Waals surface area contributed by atoms with Crippen molar-refractivity contribution in [2.45, 2.75) is 12.7 Å². The molecule has 0 bridgehead atoms. The minimum Gasteiger partial charge on any atom is -0.497 e. The minimum absolute atomic E-state index is 0.156. The zero-order chi connectivity index (χ0) is 20.9. The van der Waals surface area contributed by atoms with Gasteiger partial charge < -0.3 is 10.1 Å². The van der Waals surface area contributed by atoms with Crippen LogP contribution in [-0.2, 0) is 17.5 Å². The van der Waals surface area contributed by atoms with Gasteiger partial charge in [-0.3, -0.25) is 14.6 Å². The van der Waals surface area contributed by atoms with E-state index in [4.69, 9.17) is 4.74 Å². The van der Waals surface area contributed by atoms with E-state index in [9.17, 15) is 18.0 Å². The zero-order valence-corrected chi connectivity index (χ0v) is 16.2. The Bertz CT molecular complexity index is 817. The van der Waals surface area contributed by atoms with Crippen LogP contribution in [0.25, 0.3) is 0 Å². The van der Waals surface area contributed by atoms with Crippen molar-refractivity contribution in [1.29, 1.82) is 0 Å². The zero-order valence-electron chi connectivity index (χ0n) is 16.2. The second-order valence-corrected chi connectivity index (χ2v) is 7.03. The Morgan fingerprint density at radius 2 is 1.69 bits per heavy atom. The van der Waals surface area contributed by atoms with E-state index in [-0.39, 0.29) is 18.1 Å². The van der Waals surface area contributed by atoms with E-state index in [1.807, 2.05) is 29.2 Å². The number of rotatable bonds is 6. The number of carbonyl (C=O) groups is 1. The number of amides is 1. The molecule has 1 fully saturated rings. The fourth-order valence-electron chi connectivity index (χ4n) is 3.27. The molecular weight excluding hydrogens is 383 g/mol. The first-order valence-electron chi connectivity index (χ1n) is 9.38. The highest BCUT2D eigenvalue weighted by Crippen LogP contribution is 2.30. The van der Waals surface area contributed by atoms with Gasteiger partial charge in [0.05, 0.1) is 19.2 Å². The standard InChI is InChI=1S/C21H24F3N3O2/c1-29-19-7-5-16(6-8-19)14-26-9-11-27(12-10-26)15-20(28)25-18-4-2-3-17(13-18)21(22,23)24/h2-8,13H,9-12,14-15H2,1H3,(H,25,28). The number of anilines is 1. The molecule has 0 unspecified atom stereocenters. The highest BCUT2D eigenvalue weighted by Gasteiger charge is 2.30. The average Bonchev–Trinajstić information content (AvgIpc) is 2.69. The smallest absolute Gasteiger partial charge is 0.416 e. The van der Waals surface area contributed by atoms with Gasteiger partial charge in [0.2, 0.25) is 5.91 Å². The quantitative estimate of drug-likeness (QED) is 0.797. The third-order valence-corrected chi connectivity index (χ3v) is 4.87. The number of alkyl halides is 3. The molecule has 1 amide bonds. The van der Waals surface area contributed by atoms with Gasteiger partial charge in [-0.15, -0.1) is 0 Å². The summed E-state index contributed by atoms with van der Waals surface area (Å²) in [4.78, 5) is 16.5. The SMILES string of the molecule is COc1ccc(CN2CCN(CC(=O)Nc3cccc(C(F)(F)F)c3)CC2)cc1. The van der Waals surface area contributed by atoms with Gasteiger partial charge in [0.25, 0.3) is 0 Å².